The van der Waals surface area contributed by atoms with Crippen LogP contribution in [-0.4, -0.2) is 34.0 Å². The van der Waals surface area contributed by atoms with E-state index in [0.717, 1.165) is 12.0 Å². The van der Waals surface area contributed by atoms with Crippen LogP contribution in [-0.2, 0) is 17.6 Å². The van der Waals surface area contributed by atoms with Gasteiger partial charge in [0.2, 0.25) is 0 Å². The lowest BCUT2D eigenvalue weighted by Crippen LogP contribution is -2.55. The highest BCUT2D eigenvalue weighted by Gasteiger charge is 2.58. The number of benzene rings is 2. The molecule has 2 atom stereocenters. The lowest BCUT2D eigenvalue weighted by atomic mass is 9.87. The van der Waals surface area contributed by atoms with E-state index >= 15 is 0 Å². The van der Waals surface area contributed by atoms with Crippen LogP contribution < -0.4 is 0 Å². The van der Waals surface area contributed by atoms with Crippen molar-refractivity contribution < 1.29 is 14.6 Å². The maximum atomic E-state index is 12.4. The molecule has 0 unspecified atom stereocenters. The molecule has 0 saturated carbocycles. The molecule has 1 saturated heterocycles. The molecule has 0 radical (unpaired) electrons. The van der Waals surface area contributed by atoms with Gasteiger partial charge in [-0.2, -0.15) is 0 Å². The Kier molecular flexibility index (Phi) is 4.82. The summed E-state index contributed by atoms with van der Waals surface area (Å²) in [5, 5.41) is 11.1. The third-order valence-corrected chi connectivity index (χ3v) is 5.26. The molecule has 1 fully saturated rings. The van der Waals surface area contributed by atoms with E-state index in [1.54, 1.807) is 6.92 Å². The Morgan fingerprint density at radius 1 is 0.920 bits per heavy atom. The average molecular weight is 339 g/mol. The first-order chi connectivity index (χ1) is 11.9. The Hall–Kier alpha value is -2.33. The van der Waals surface area contributed by atoms with Crippen molar-refractivity contribution in [2.24, 2.45) is 0 Å². The minimum atomic E-state index is -1.34. The second-order valence-electron chi connectivity index (χ2n) is 6.99. The van der Waals surface area contributed by atoms with Crippen LogP contribution in [0.5, 0.6) is 0 Å². The van der Waals surface area contributed by atoms with Gasteiger partial charge >= 0.3 is 6.09 Å². The third kappa shape index (κ3) is 3.54. The van der Waals surface area contributed by atoms with E-state index < -0.39 is 17.4 Å². The zero-order valence-corrected chi connectivity index (χ0v) is 14.8. The molecule has 0 aromatic heterocycles. The number of carbonyl (C=O) groups excluding carboxylic acids is 1. The van der Waals surface area contributed by atoms with E-state index in [1.807, 2.05) is 67.6 Å². The summed E-state index contributed by atoms with van der Waals surface area (Å²) >= 11 is 0. The SMILES string of the molecule is C[C@@]1(CCc2ccccc2)OC(=O)N(CCc2ccccc2)[C@@]1(C)O. The van der Waals surface area contributed by atoms with Crippen molar-refractivity contribution in [1.29, 1.82) is 0 Å². The van der Waals surface area contributed by atoms with Crippen molar-refractivity contribution in [1.82, 2.24) is 4.90 Å². The molecule has 1 amide bonds. The quantitative estimate of drug-likeness (QED) is 0.871. The molecule has 3 rings (SSSR count). The van der Waals surface area contributed by atoms with E-state index in [2.05, 4.69) is 0 Å². The van der Waals surface area contributed by atoms with E-state index in [9.17, 15) is 9.90 Å². The molecule has 2 aromatic carbocycles. The number of hydrogen-bond acceptors (Lipinski definition) is 3. The van der Waals surface area contributed by atoms with E-state index in [-0.39, 0.29) is 0 Å². The highest BCUT2D eigenvalue weighted by Crippen LogP contribution is 2.40. The maximum Gasteiger partial charge on any atom is 0.412 e. The van der Waals surface area contributed by atoms with Crippen LogP contribution in [0.4, 0.5) is 4.79 Å². The Bertz CT molecular complexity index is 714. The second-order valence-corrected chi connectivity index (χ2v) is 6.99. The second kappa shape index (κ2) is 6.89. The predicted octanol–water partition coefficient (Wildman–Crippen LogP) is 3.78. The van der Waals surface area contributed by atoms with Crippen LogP contribution in [0.25, 0.3) is 0 Å². The average Bonchev–Trinajstić information content (AvgIpc) is 2.78. The van der Waals surface area contributed by atoms with Crippen molar-refractivity contribution in [3.63, 3.8) is 0 Å². The monoisotopic (exact) mass is 339 g/mol. The first-order valence-electron chi connectivity index (χ1n) is 8.73. The molecule has 1 N–H and O–H groups in total. The first-order valence-corrected chi connectivity index (χ1v) is 8.73. The van der Waals surface area contributed by atoms with Crippen molar-refractivity contribution in [2.75, 3.05) is 6.54 Å². The van der Waals surface area contributed by atoms with Gasteiger partial charge in [0.05, 0.1) is 0 Å². The Balaban J connectivity index is 1.68. The molecule has 4 heteroatoms. The number of aliphatic hydroxyl groups is 1. The summed E-state index contributed by atoms with van der Waals surface area (Å²) in [6, 6.07) is 20.0. The van der Waals surface area contributed by atoms with Crippen LogP contribution in [0.15, 0.2) is 60.7 Å². The van der Waals surface area contributed by atoms with Crippen molar-refractivity contribution in [2.45, 2.75) is 44.4 Å². The molecule has 1 aliphatic heterocycles. The number of cyclic esters (lactones) is 1. The van der Waals surface area contributed by atoms with Crippen LogP contribution >= 0.6 is 0 Å². The van der Waals surface area contributed by atoms with Gasteiger partial charge in [0.15, 0.2) is 11.3 Å². The fraction of sp³-hybridized carbons (Fsp3) is 0.381. The topological polar surface area (TPSA) is 49.8 Å². The first kappa shape index (κ1) is 17.5. The number of ether oxygens (including phenoxy) is 1. The summed E-state index contributed by atoms with van der Waals surface area (Å²) < 4.78 is 5.62. The van der Waals surface area contributed by atoms with E-state index in [4.69, 9.17) is 4.74 Å². The molecule has 1 aliphatic rings. The zero-order chi connectivity index (χ0) is 17.9. The fourth-order valence-corrected chi connectivity index (χ4v) is 3.32. The summed E-state index contributed by atoms with van der Waals surface area (Å²) in [4.78, 5) is 13.8. The van der Waals surface area contributed by atoms with E-state index in [0.29, 0.717) is 19.4 Å². The lowest BCUT2D eigenvalue weighted by Gasteiger charge is -2.37. The normalized spacial score (nSPS) is 25.9. The van der Waals surface area contributed by atoms with Gasteiger partial charge in [-0.1, -0.05) is 60.7 Å². The van der Waals surface area contributed by atoms with Crippen molar-refractivity contribution >= 4 is 6.09 Å². The van der Waals surface area contributed by atoms with Gasteiger partial charge in [0.1, 0.15) is 0 Å². The summed E-state index contributed by atoms with van der Waals surface area (Å²) in [6.07, 6.45) is 1.54. The number of aryl methyl sites for hydroxylation is 1. The summed E-state index contributed by atoms with van der Waals surface area (Å²) in [5.41, 5.74) is 0.0202. The Labute approximate surface area is 149 Å². The van der Waals surface area contributed by atoms with Gasteiger partial charge in [0, 0.05) is 6.54 Å². The van der Waals surface area contributed by atoms with Crippen LogP contribution in [0.3, 0.4) is 0 Å². The molecular weight excluding hydrogens is 314 g/mol. The molecule has 1 heterocycles. The van der Waals surface area contributed by atoms with E-state index in [1.165, 1.54) is 10.5 Å². The predicted molar refractivity (Wildman–Crippen MR) is 97.1 cm³/mol. The van der Waals surface area contributed by atoms with Gasteiger partial charge in [0.25, 0.3) is 0 Å². The molecule has 4 nitrogen and oxygen atoms in total. The number of rotatable bonds is 6. The lowest BCUT2D eigenvalue weighted by molar-refractivity contribution is -0.138. The fourth-order valence-electron chi connectivity index (χ4n) is 3.32. The maximum absolute atomic E-state index is 12.4. The largest absolute Gasteiger partial charge is 0.438 e. The number of hydrogen-bond donors (Lipinski definition) is 1. The highest BCUT2D eigenvalue weighted by molar-refractivity contribution is 5.72. The Morgan fingerprint density at radius 2 is 1.44 bits per heavy atom. The molecular formula is C21H25NO3. The van der Waals surface area contributed by atoms with Gasteiger partial charge in [-0.15, -0.1) is 0 Å². The standard InChI is InChI=1S/C21H25NO3/c1-20(15-13-17-9-5-3-6-10-17)21(2,24)22(19(23)25-20)16-14-18-11-7-4-8-12-18/h3-12,24H,13-16H2,1-2H3/t20-,21-/m0/s1. The third-order valence-electron chi connectivity index (χ3n) is 5.26. The number of nitrogens with zero attached hydrogens (tertiary/aromatic N) is 1. The summed E-state index contributed by atoms with van der Waals surface area (Å²) in [7, 11) is 0. The van der Waals surface area contributed by atoms with Gasteiger partial charge in [-0.05, 0) is 44.2 Å². The minimum absolute atomic E-state index is 0.427. The molecule has 0 aliphatic carbocycles. The summed E-state index contributed by atoms with van der Waals surface area (Å²) in [5.74, 6) is 0. The van der Waals surface area contributed by atoms with Gasteiger partial charge in [-0.25, -0.2) is 4.79 Å². The van der Waals surface area contributed by atoms with Crippen molar-refractivity contribution in [3.8, 4) is 0 Å². The highest BCUT2D eigenvalue weighted by atomic mass is 16.6. The van der Waals surface area contributed by atoms with Crippen LogP contribution in [0.2, 0.25) is 0 Å². The number of carbonyl (C=O) groups is 1. The van der Waals surface area contributed by atoms with Gasteiger partial charge in [-0.3, -0.25) is 4.90 Å². The zero-order valence-electron chi connectivity index (χ0n) is 14.8. The molecule has 25 heavy (non-hydrogen) atoms. The Morgan fingerprint density at radius 3 is 2.00 bits per heavy atom. The van der Waals surface area contributed by atoms with Crippen molar-refractivity contribution in [3.05, 3.63) is 71.8 Å². The number of amides is 1. The van der Waals surface area contributed by atoms with Crippen LogP contribution in [0, 0.1) is 0 Å². The van der Waals surface area contributed by atoms with Crippen LogP contribution in [0.1, 0.15) is 31.4 Å². The molecule has 2 aromatic rings. The molecule has 0 bridgehead atoms. The smallest absolute Gasteiger partial charge is 0.412 e. The summed E-state index contributed by atoms with van der Waals surface area (Å²) in [6.45, 7) is 3.92. The van der Waals surface area contributed by atoms with Gasteiger partial charge < -0.3 is 9.84 Å². The molecule has 0 spiro atoms. The molecule has 132 valence electrons. The minimum Gasteiger partial charge on any atom is -0.438 e.